The third-order valence-electron chi connectivity index (χ3n) is 3.41. The van der Waals surface area contributed by atoms with Crippen LogP contribution in [0.3, 0.4) is 0 Å². The Balaban J connectivity index is 2.27. The molecule has 0 heterocycles. The molecule has 1 aromatic rings. The molecule has 0 spiro atoms. The zero-order valence-electron chi connectivity index (χ0n) is 12.6. The number of hydrogen-bond acceptors (Lipinski definition) is 3. The van der Waals surface area contributed by atoms with E-state index in [9.17, 15) is 4.79 Å². The molecule has 112 valence electrons. The first-order chi connectivity index (χ1) is 9.67. The molecule has 2 N–H and O–H groups in total. The second-order valence-electron chi connectivity index (χ2n) is 5.01. The SMILES string of the molecule is COc1ccc(CCC(=O)N(C)CCCCCN)cc1. The molecule has 1 rings (SSSR count). The standard InChI is InChI=1S/C16H26N2O2/c1-18(13-5-3-4-12-17)16(19)11-8-14-6-9-15(20-2)10-7-14/h6-7,9-10H,3-5,8,11-13,17H2,1-2H3. The Labute approximate surface area is 121 Å². The first-order valence-corrected chi connectivity index (χ1v) is 7.24. The van der Waals surface area contributed by atoms with E-state index in [-0.39, 0.29) is 5.91 Å². The number of hydrogen-bond donors (Lipinski definition) is 1. The summed E-state index contributed by atoms with van der Waals surface area (Å²) in [5, 5.41) is 0. The van der Waals surface area contributed by atoms with Crippen molar-refractivity contribution in [2.75, 3.05) is 27.2 Å². The molecule has 4 heteroatoms. The average Bonchev–Trinajstić information content (AvgIpc) is 2.49. The van der Waals surface area contributed by atoms with Crippen molar-refractivity contribution in [3.63, 3.8) is 0 Å². The average molecular weight is 278 g/mol. The van der Waals surface area contributed by atoms with Crippen molar-refractivity contribution in [1.82, 2.24) is 4.90 Å². The maximum atomic E-state index is 12.0. The second kappa shape index (κ2) is 9.37. The smallest absolute Gasteiger partial charge is 0.222 e. The summed E-state index contributed by atoms with van der Waals surface area (Å²) in [6, 6.07) is 7.87. The zero-order chi connectivity index (χ0) is 14.8. The van der Waals surface area contributed by atoms with Crippen LogP contribution >= 0.6 is 0 Å². The molecule has 0 saturated carbocycles. The zero-order valence-corrected chi connectivity index (χ0v) is 12.6. The number of ether oxygens (including phenoxy) is 1. The maximum absolute atomic E-state index is 12.0. The van der Waals surface area contributed by atoms with Gasteiger partial charge in [-0.3, -0.25) is 4.79 Å². The van der Waals surface area contributed by atoms with Gasteiger partial charge in [0.1, 0.15) is 5.75 Å². The van der Waals surface area contributed by atoms with Crippen LogP contribution in [0.15, 0.2) is 24.3 Å². The number of aryl methyl sites for hydroxylation is 1. The number of rotatable bonds is 9. The van der Waals surface area contributed by atoms with Gasteiger partial charge in [0.2, 0.25) is 5.91 Å². The van der Waals surface area contributed by atoms with Crippen molar-refractivity contribution in [3.8, 4) is 5.75 Å². The van der Waals surface area contributed by atoms with Gasteiger partial charge in [-0.25, -0.2) is 0 Å². The summed E-state index contributed by atoms with van der Waals surface area (Å²) in [7, 11) is 3.52. The summed E-state index contributed by atoms with van der Waals surface area (Å²) < 4.78 is 5.11. The third-order valence-corrected chi connectivity index (χ3v) is 3.41. The molecular formula is C16H26N2O2. The van der Waals surface area contributed by atoms with E-state index in [2.05, 4.69) is 0 Å². The number of nitrogens with zero attached hydrogens (tertiary/aromatic N) is 1. The molecule has 0 fully saturated rings. The predicted molar refractivity (Wildman–Crippen MR) is 81.9 cm³/mol. The minimum Gasteiger partial charge on any atom is -0.497 e. The molecule has 0 radical (unpaired) electrons. The largest absolute Gasteiger partial charge is 0.497 e. The lowest BCUT2D eigenvalue weighted by atomic mass is 10.1. The predicted octanol–water partition coefficient (Wildman–Crippen LogP) is 2.22. The topological polar surface area (TPSA) is 55.6 Å². The number of amides is 1. The van der Waals surface area contributed by atoms with Crippen LogP contribution in [0.2, 0.25) is 0 Å². The Bertz CT molecular complexity index is 390. The number of nitrogens with two attached hydrogens (primary N) is 1. The Hall–Kier alpha value is -1.55. The monoisotopic (exact) mass is 278 g/mol. The van der Waals surface area contributed by atoms with Gasteiger partial charge in [-0.2, -0.15) is 0 Å². The molecule has 1 aromatic carbocycles. The van der Waals surface area contributed by atoms with Crippen LogP contribution in [0.4, 0.5) is 0 Å². The molecule has 0 aromatic heterocycles. The highest BCUT2D eigenvalue weighted by molar-refractivity contribution is 5.76. The van der Waals surface area contributed by atoms with E-state index in [0.717, 1.165) is 50.1 Å². The number of carbonyl (C=O) groups excluding carboxylic acids is 1. The van der Waals surface area contributed by atoms with Gasteiger partial charge in [0.25, 0.3) is 0 Å². The lowest BCUT2D eigenvalue weighted by Gasteiger charge is -2.17. The van der Waals surface area contributed by atoms with E-state index in [4.69, 9.17) is 10.5 Å². The van der Waals surface area contributed by atoms with Gasteiger partial charge >= 0.3 is 0 Å². The fourth-order valence-electron chi connectivity index (χ4n) is 2.03. The van der Waals surface area contributed by atoms with E-state index in [1.165, 1.54) is 0 Å². The lowest BCUT2D eigenvalue weighted by molar-refractivity contribution is -0.129. The molecule has 20 heavy (non-hydrogen) atoms. The Morgan fingerprint density at radius 2 is 1.90 bits per heavy atom. The fourth-order valence-corrected chi connectivity index (χ4v) is 2.03. The summed E-state index contributed by atoms with van der Waals surface area (Å²) in [5.41, 5.74) is 6.61. The van der Waals surface area contributed by atoms with Crippen LogP contribution in [0.25, 0.3) is 0 Å². The van der Waals surface area contributed by atoms with Crippen molar-refractivity contribution in [2.45, 2.75) is 32.1 Å². The highest BCUT2D eigenvalue weighted by atomic mass is 16.5. The van der Waals surface area contributed by atoms with Crippen LogP contribution in [-0.4, -0.2) is 38.1 Å². The molecule has 0 saturated heterocycles. The van der Waals surface area contributed by atoms with Crippen molar-refractivity contribution >= 4 is 5.91 Å². The van der Waals surface area contributed by atoms with Crippen LogP contribution in [0.1, 0.15) is 31.2 Å². The van der Waals surface area contributed by atoms with Gasteiger partial charge in [-0.15, -0.1) is 0 Å². The normalized spacial score (nSPS) is 10.3. The number of carbonyl (C=O) groups is 1. The van der Waals surface area contributed by atoms with Crippen LogP contribution in [-0.2, 0) is 11.2 Å². The molecule has 0 unspecified atom stereocenters. The Morgan fingerprint density at radius 1 is 1.20 bits per heavy atom. The summed E-state index contributed by atoms with van der Waals surface area (Å²) >= 11 is 0. The van der Waals surface area contributed by atoms with Gasteiger partial charge in [0, 0.05) is 20.0 Å². The molecular weight excluding hydrogens is 252 g/mol. The highest BCUT2D eigenvalue weighted by Crippen LogP contribution is 2.13. The number of unbranched alkanes of at least 4 members (excludes halogenated alkanes) is 2. The van der Waals surface area contributed by atoms with Crippen LogP contribution in [0.5, 0.6) is 5.75 Å². The van der Waals surface area contributed by atoms with Crippen molar-refractivity contribution in [3.05, 3.63) is 29.8 Å². The number of benzene rings is 1. The summed E-state index contributed by atoms with van der Waals surface area (Å²) in [5.74, 6) is 1.05. The van der Waals surface area contributed by atoms with Crippen molar-refractivity contribution < 1.29 is 9.53 Å². The van der Waals surface area contributed by atoms with Gasteiger partial charge in [-0.1, -0.05) is 18.6 Å². The van der Waals surface area contributed by atoms with Gasteiger partial charge < -0.3 is 15.4 Å². The lowest BCUT2D eigenvalue weighted by Crippen LogP contribution is -2.28. The first-order valence-electron chi connectivity index (χ1n) is 7.24. The highest BCUT2D eigenvalue weighted by Gasteiger charge is 2.08. The fraction of sp³-hybridized carbons (Fsp3) is 0.562. The molecule has 0 aliphatic heterocycles. The molecule has 4 nitrogen and oxygen atoms in total. The molecule has 0 aliphatic carbocycles. The summed E-state index contributed by atoms with van der Waals surface area (Å²) in [4.78, 5) is 13.8. The van der Waals surface area contributed by atoms with E-state index < -0.39 is 0 Å². The van der Waals surface area contributed by atoms with E-state index >= 15 is 0 Å². The molecule has 0 aliphatic rings. The third kappa shape index (κ3) is 6.06. The van der Waals surface area contributed by atoms with Crippen LogP contribution in [0, 0.1) is 0 Å². The first kappa shape index (κ1) is 16.5. The van der Waals surface area contributed by atoms with Gasteiger partial charge in [0.15, 0.2) is 0 Å². The van der Waals surface area contributed by atoms with Crippen molar-refractivity contribution in [2.24, 2.45) is 5.73 Å². The minimum absolute atomic E-state index is 0.202. The summed E-state index contributed by atoms with van der Waals surface area (Å²) in [6.07, 6.45) is 4.48. The Morgan fingerprint density at radius 3 is 2.50 bits per heavy atom. The van der Waals surface area contributed by atoms with Crippen molar-refractivity contribution in [1.29, 1.82) is 0 Å². The Kier molecular flexibility index (Phi) is 7.73. The van der Waals surface area contributed by atoms with E-state index in [1.54, 1.807) is 7.11 Å². The van der Waals surface area contributed by atoms with E-state index in [0.29, 0.717) is 6.42 Å². The maximum Gasteiger partial charge on any atom is 0.222 e. The number of methoxy groups -OCH3 is 1. The van der Waals surface area contributed by atoms with Crippen LogP contribution < -0.4 is 10.5 Å². The molecule has 1 amide bonds. The molecule has 0 atom stereocenters. The van der Waals surface area contributed by atoms with Gasteiger partial charge in [0.05, 0.1) is 7.11 Å². The molecule has 0 bridgehead atoms. The summed E-state index contributed by atoms with van der Waals surface area (Å²) in [6.45, 7) is 1.55. The quantitative estimate of drug-likeness (QED) is 0.705. The van der Waals surface area contributed by atoms with Gasteiger partial charge in [-0.05, 0) is 43.5 Å². The van der Waals surface area contributed by atoms with E-state index in [1.807, 2.05) is 36.2 Å². The second-order valence-corrected chi connectivity index (χ2v) is 5.01. The minimum atomic E-state index is 0.202.